The second-order valence-corrected chi connectivity index (χ2v) is 7.96. The van der Waals surface area contributed by atoms with E-state index in [0.717, 1.165) is 39.6 Å². The van der Waals surface area contributed by atoms with Gasteiger partial charge in [0.05, 0.1) is 31.8 Å². The first-order valence-corrected chi connectivity index (χ1v) is 10.7. The second kappa shape index (κ2) is 8.38. The third kappa shape index (κ3) is 3.58. The van der Waals surface area contributed by atoms with Crippen LogP contribution in [0.15, 0.2) is 72.8 Å². The van der Waals surface area contributed by atoms with Gasteiger partial charge in [-0.15, -0.1) is 0 Å². The third-order valence-electron chi connectivity index (χ3n) is 6.08. The summed E-state index contributed by atoms with van der Waals surface area (Å²) in [5.74, 6) is 2.67. The van der Waals surface area contributed by atoms with E-state index in [-0.39, 0.29) is 11.8 Å². The fraction of sp³-hybridized carbons (Fsp3) is 0.231. The molecule has 0 spiro atoms. The van der Waals surface area contributed by atoms with Gasteiger partial charge in [-0.05, 0) is 42.5 Å². The van der Waals surface area contributed by atoms with Crippen molar-refractivity contribution in [3.05, 3.63) is 84.2 Å². The molecular weight excluding hydrogens is 402 g/mol. The number of para-hydroxylation sites is 3. The minimum atomic E-state index is 0.00621. The number of rotatable bonds is 6. The van der Waals surface area contributed by atoms with Crippen LogP contribution in [0.1, 0.15) is 23.7 Å². The van der Waals surface area contributed by atoms with E-state index in [2.05, 4.69) is 16.7 Å². The van der Waals surface area contributed by atoms with Crippen molar-refractivity contribution in [2.24, 2.45) is 0 Å². The van der Waals surface area contributed by atoms with Gasteiger partial charge in [-0.1, -0.05) is 30.3 Å². The summed E-state index contributed by atoms with van der Waals surface area (Å²) in [5.41, 5.74) is 3.96. The van der Waals surface area contributed by atoms with E-state index >= 15 is 0 Å². The molecule has 6 nitrogen and oxygen atoms in total. The monoisotopic (exact) mass is 427 g/mol. The molecule has 2 heterocycles. The molecular formula is C26H25N3O3. The lowest BCUT2D eigenvalue weighted by Gasteiger charge is -2.18. The number of aromatic nitrogens is 2. The zero-order chi connectivity index (χ0) is 22.1. The number of ether oxygens (including phenoxy) is 2. The summed E-state index contributed by atoms with van der Waals surface area (Å²) >= 11 is 0. The first kappa shape index (κ1) is 20.1. The number of amides is 1. The van der Waals surface area contributed by atoms with Gasteiger partial charge in [0.25, 0.3) is 0 Å². The Morgan fingerprint density at radius 1 is 0.938 bits per heavy atom. The summed E-state index contributed by atoms with van der Waals surface area (Å²) in [4.78, 5) is 19.7. The van der Waals surface area contributed by atoms with Crippen LogP contribution >= 0.6 is 0 Å². The van der Waals surface area contributed by atoms with E-state index < -0.39 is 0 Å². The molecule has 6 heteroatoms. The van der Waals surface area contributed by atoms with E-state index in [9.17, 15) is 4.79 Å². The Morgan fingerprint density at radius 2 is 1.69 bits per heavy atom. The van der Waals surface area contributed by atoms with Gasteiger partial charge in [0.2, 0.25) is 5.91 Å². The first-order chi connectivity index (χ1) is 15.7. The predicted octanol–water partition coefficient (Wildman–Crippen LogP) is 4.62. The quantitative estimate of drug-likeness (QED) is 0.451. The maximum Gasteiger partial charge on any atom is 0.227 e. The molecule has 1 aliphatic rings. The summed E-state index contributed by atoms with van der Waals surface area (Å²) in [5, 5.41) is 0. The van der Waals surface area contributed by atoms with Gasteiger partial charge in [-0.2, -0.15) is 0 Å². The fourth-order valence-corrected chi connectivity index (χ4v) is 4.47. The summed E-state index contributed by atoms with van der Waals surface area (Å²) in [7, 11) is 3.33. The zero-order valence-electron chi connectivity index (χ0n) is 18.2. The average molecular weight is 428 g/mol. The van der Waals surface area contributed by atoms with Gasteiger partial charge in [-0.25, -0.2) is 4.98 Å². The summed E-state index contributed by atoms with van der Waals surface area (Å²) in [6.07, 6.45) is 0.432. The van der Waals surface area contributed by atoms with Gasteiger partial charge in [0, 0.05) is 30.1 Å². The Balaban J connectivity index is 1.51. The molecule has 0 unspecified atom stereocenters. The SMILES string of the molecule is COc1ccc(N2C[C@@H](c3nc4ccccc4n3Cc3ccccc3OC)CC2=O)cc1. The highest BCUT2D eigenvalue weighted by atomic mass is 16.5. The molecule has 0 saturated carbocycles. The lowest BCUT2D eigenvalue weighted by molar-refractivity contribution is -0.117. The standard InChI is InChI=1S/C26H25N3O3/c1-31-21-13-11-20(12-14-21)28-17-19(15-25(28)30)26-27-22-8-4-5-9-23(22)29(26)16-18-7-3-6-10-24(18)32-2/h3-14,19H,15-17H2,1-2H3/t19-/m0/s1. The van der Waals surface area contributed by atoms with Crippen molar-refractivity contribution in [2.75, 3.05) is 25.7 Å². The largest absolute Gasteiger partial charge is 0.497 e. The Kier molecular flexibility index (Phi) is 5.27. The Bertz CT molecular complexity index is 1260. The normalized spacial score (nSPS) is 16.0. The molecule has 5 rings (SSSR count). The van der Waals surface area contributed by atoms with Crippen molar-refractivity contribution < 1.29 is 14.3 Å². The lowest BCUT2D eigenvalue weighted by atomic mass is 10.1. The van der Waals surface area contributed by atoms with Crippen molar-refractivity contribution in [1.29, 1.82) is 0 Å². The molecule has 162 valence electrons. The number of carbonyl (C=O) groups excluding carboxylic acids is 1. The van der Waals surface area contributed by atoms with Crippen LogP contribution in [0.3, 0.4) is 0 Å². The maximum absolute atomic E-state index is 12.9. The lowest BCUT2D eigenvalue weighted by Crippen LogP contribution is -2.24. The van der Waals surface area contributed by atoms with Crippen LogP contribution in [0, 0.1) is 0 Å². The number of methoxy groups -OCH3 is 2. The van der Waals surface area contributed by atoms with Crippen molar-refractivity contribution in [1.82, 2.24) is 9.55 Å². The van der Waals surface area contributed by atoms with E-state index in [0.29, 0.717) is 19.5 Å². The van der Waals surface area contributed by atoms with E-state index in [4.69, 9.17) is 14.5 Å². The van der Waals surface area contributed by atoms with Crippen molar-refractivity contribution in [3.8, 4) is 11.5 Å². The van der Waals surface area contributed by atoms with E-state index in [1.165, 1.54) is 0 Å². The van der Waals surface area contributed by atoms with Gasteiger partial charge in [0.15, 0.2) is 0 Å². The van der Waals surface area contributed by atoms with Crippen LogP contribution in [0.5, 0.6) is 11.5 Å². The molecule has 0 radical (unpaired) electrons. The van der Waals surface area contributed by atoms with Gasteiger partial charge in [0.1, 0.15) is 17.3 Å². The molecule has 1 aromatic heterocycles. The van der Waals surface area contributed by atoms with Crippen LogP contribution in [0.2, 0.25) is 0 Å². The smallest absolute Gasteiger partial charge is 0.227 e. The van der Waals surface area contributed by atoms with Gasteiger partial charge >= 0.3 is 0 Å². The minimum Gasteiger partial charge on any atom is -0.497 e. The summed E-state index contributed by atoms with van der Waals surface area (Å²) in [6.45, 7) is 1.23. The molecule has 1 amide bonds. The number of nitrogens with zero attached hydrogens (tertiary/aromatic N) is 3. The number of imidazole rings is 1. The molecule has 32 heavy (non-hydrogen) atoms. The second-order valence-electron chi connectivity index (χ2n) is 7.96. The number of fused-ring (bicyclic) bond motifs is 1. The fourth-order valence-electron chi connectivity index (χ4n) is 4.47. The van der Waals surface area contributed by atoms with E-state index in [1.807, 2.05) is 65.6 Å². The first-order valence-electron chi connectivity index (χ1n) is 10.7. The molecule has 4 aromatic rings. The van der Waals surface area contributed by atoms with E-state index in [1.54, 1.807) is 14.2 Å². The number of anilines is 1. The Hall–Kier alpha value is -3.80. The van der Waals surface area contributed by atoms with Gasteiger partial charge < -0.3 is 18.9 Å². The highest BCUT2D eigenvalue weighted by molar-refractivity contribution is 5.96. The molecule has 1 atom stereocenters. The molecule has 0 N–H and O–H groups in total. The minimum absolute atomic E-state index is 0.00621. The van der Waals surface area contributed by atoms with Crippen molar-refractivity contribution in [2.45, 2.75) is 18.9 Å². The van der Waals surface area contributed by atoms with Crippen LogP contribution < -0.4 is 14.4 Å². The molecule has 1 aliphatic heterocycles. The van der Waals surface area contributed by atoms with Crippen molar-refractivity contribution in [3.63, 3.8) is 0 Å². The van der Waals surface area contributed by atoms with Crippen LogP contribution in [-0.4, -0.2) is 36.2 Å². The van der Waals surface area contributed by atoms with Crippen molar-refractivity contribution >= 4 is 22.6 Å². The summed E-state index contributed by atoms with van der Waals surface area (Å²) < 4.78 is 13.0. The average Bonchev–Trinajstić information content (AvgIpc) is 3.40. The van der Waals surface area contributed by atoms with Crippen LogP contribution in [0.4, 0.5) is 5.69 Å². The number of carbonyl (C=O) groups is 1. The molecule has 1 saturated heterocycles. The zero-order valence-corrected chi connectivity index (χ0v) is 18.2. The Labute approximate surface area is 187 Å². The van der Waals surface area contributed by atoms with Gasteiger partial charge in [-0.3, -0.25) is 4.79 Å². The molecule has 0 aliphatic carbocycles. The molecule has 3 aromatic carbocycles. The predicted molar refractivity (Wildman–Crippen MR) is 125 cm³/mol. The highest BCUT2D eigenvalue weighted by Crippen LogP contribution is 2.34. The van der Waals surface area contributed by atoms with Crippen LogP contribution in [-0.2, 0) is 11.3 Å². The number of benzene rings is 3. The summed E-state index contributed by atoms with van der Waals surface area (Å²) in [6, 6.07) is 23.8. The Morgan fingerprint density at radius 3 is 2.47 bits per heavy atom. The van der Waals surface area contributed by atoms with Crippen LogP contribution in [0.25, 0.3) is 11.0 Å². The topological polar surface area (TPSA) is 56.6 Å². The third-order valence-corrected chi connectivity index (χ3v) is 6.08. The number of hydrogen-bond acceptors (Lipinski definition) is 4. The maximum atomic E-state index is 12.9. The molecule has 1 fully saturated rings. The molecule has 0 bridgehead atoms. The number of hydrogen-bond donors (Lipinski definition) is 0. The highest BCUT2D eigenvalue weighted by Gasteiger charge is 2.35.